The van der Waals surface area contributed by atoms with E-state index in [0.29, 0.717) is 11.3 Å². The molecule has 19 heavy (non-hydrogen) atoms. The third-order valence-corrected chi connectivity index (χ3v) is 2.72. The van der Waals surface area contributed by atoms with Crippen LogP contribution in [-0.2, 0) is 6.61 Å². The summed E-state index contributed by atoms with van der Waals surface area (Å²) >= 11 is 4.70. The first-order chi connectivity index (χ1) is 9.06. The number of hydrogen-bond donors (Lipinski definition) is 1. The van der Waals surface area contributed by atoms with Crippen LogP contribution in [0.4, 0.5) is 8.78 Å². The van der Waals surface area contributed by atoms with E-state index in [2.05, 4.69) is 0 Å². The van der Waals surface area contributed by atoms with Gasteiger partial charge in [0.2, 0.25) is 0 Å². The lowest BCUT2D eigenvalue weighted by atomic mass is 10.2. The van der Waals surface area contributed by atoms with Crippen molar-refractivity contribution >= 4 is 17.2 Å². The number of rotatable bonds is 4. The van der Waals surface area contributed by atoms with Crippen molar-refractivity contribution in [2.75, 3.05) is 0 Å². The summed E-state index contributed by atoms with van der Waals surface area (Å²) in [6, 6.07) is 10.2. The second kappa shape index (κ2) is 5.75. The fraction of sp³-hybridized carbons (Fsp3) is 0.0714. The van der Waals surface area contributed by atoms with Gasteiger partial charge in [0.15, 0.2) is 0 Å². The van der Waals surface area contributed by atoms with Crippen LogP contribution in [-0.4, -0.2) is 4.99 Å². The SMILES string of the molecule is NC(=S)c1ccc(OCc2cccc(F)c2)cc1F. The van der Waals surface area contributed by atoms with Gasteiger partial charge >= 0.3 is 0 Å². The van der Waals surface area contributed by atoms with E-state index < -0.39 is 5.82 Å². The number of hydrogen-bond acceptors (Lipinski definition) is 2. The van der Waals surface area contributed by atoms with E-state index >= 15 is 0 Å². The van der Waals surface area contributed by atoms with E-state index in [0.717, 1.165) is 0 Å². The number of nitrogens with two attached hydrogens (primary N) is 1. The minimum atomic E-state index is -0.538. The Labute approximate surface area is 114 Å². The van der Waals surface area contributed by atoms with Gasteiger partial charge in [-0.1, -0.05) is 24.4 Å². The Hall–Kier alpha value is -2.01. The van der Waals surface area contributed by atoms with Crippen molar-refractivity contribution in [3.8, 4) is 5.75 Å². The smallest absolute Gasteiger partial charge is 0.137 e. The van der Waals surface area contributed by atoms with Gasteiger partial charge in [0, 0.05) is 11.6 Å². The van der Waals surface area contributed by atoms with E-state index in [1.807, 2.05) is 0 Å². The highest BCUT2D eigenvalue weighted by molar-refractivity contribution is 7.80. The van der Waals surface area contributed by atoms with Crippen LogP contribution < -0.4 is 10.5 Å². The summed E-state index contributed by atoms with van der Waals surface area (Å²) in [5.41, 5.74) is 6.20. The molecule has 2 nitrogen and oxygen atoms in total. The van der Waals surface area contributed by atoms with E-state index in [-0.39, 0.29) is 23.0 Å². The molecule has 0 aromatic heterocycles. The Balaban J connectivity index is 2.08. The first-order valence-corrected chi connectivity index (χ1v) is 5.93. The molecule has 98 valence electrons. The van der Waals surface area contributed by atoms with E-state index in [1.54, 1.807) is 18.2 Å². The molecule has 0 aliphatic carbocycles. The molecule has 2 aromatic carbocycles. The molecule has 0 amide bonds. The Bertz CT molecular complexity index is 616. The second-order valence-corrected chi connectivity index (χ2v) is 4.36. The van der Waals surface area contributed by atoms with Crippen LogP contribution in [0.3, 0.4) is 0 Å². The van der Waals surface area contributed by atoms with Crippen LogP contribution in [0.5, 0.6) is 5.75 Å². The third-order valence-electron chi connectivity index (χ3n) is 2.50. The van der Waals surface area contributed by atoms with Crippen molar-refractivity contribution in [2.24, 2.45) is 5.73 Å². The van der Waals surface area contributed by atoms with Crippen LogP contribution in [0.2, 0.25) is 0 Å². The Morgan fingerprint density at radius 2 is 1.95 bits per heavy atom. The predicted molar refractivity (Wildman–Crippen MR) is 73.0 cm³/mol. The summed E-state index contributed by atoms with van der Waals surface area (Å²) in [6.45, 7) is 0.156. The minimum Gasteiger partial charge on any atom is -0.489 e. The molecule has 0 unspecified atom stereocenters. The molecule has 0 aliphatic heterocycles. The summed E-state index contributed by atoms with van der Waals surface area (Å²) in [5.74, 6) is -0.540. The minimum absolute atomic E-state index is 0.00539. The van der Waals surface area contributed by atoms with Gasteiger partial charge in [-0.25, -0.2) is 8.78 Å². The Morgan fingerprint density at radius 1 is 1.16 bits per heavy atom. The molecule has 0 heterocycles. The molecule has 0 bridgehead atoms. The van der Waals surface area contributed by atoms with Gasteiger partial charge in [0.25, 0.3) is 0 Å². The molecule has 0 spiro atoms. The Morgan fingerprint density at radius 3 is 2.58 bits per heavy atom. The second-order valence-electron chi connectivity index (χ2n) is 3.92. The molecule has 2 N–H and O–H groups in total. The molecular formula is C14H11F2NOS. The number of benzene rings is 2. The van der Waals surface area contributed by atoms with Crippen LogP contribution in [0.15, 0.2) is 42.5 Å². The highest BCUT2D eigenvalue weighted by atomic mass is 32.1. The zero-order chi connectivity index (χ0) is 13.8. The summed E-state index contributed by atoms with van der Waals surface area (Å²) < 4.78 is 31.9. The molecule has 0 fully saturated rings. The lowest BCUT2D eigenvalue weighted by molar-refractivity contribution is 0.304. The predicted octanol–water partition coefficient (Wildman–Crippen LogP) is 3.18. The topological polar surface area (TPSA) is 35.2 Å². The maximum atomic E-state index is 13.6. The van der Waals surface area contributed by atoms with Gasteiger partial charge in [-0.3, -0.25) is 0 Å². The van der Waals surface area contributed by atoms with Crippen LogP contribution >= 0.6 is 12.2 Å². The zero-order valence-electron chi connectivity index (χ0n) is 9.90. The molecule has 0 radical (unpaired) electrons. The summed E-state index contributed by atoms with van der Waals surface area (Å²) in [7, 11) is 0. The van der Waals surface area contributed by atoms with E-state index in [4.69, 9.17) is 22.7 Å². The quantitative estimate of drug-likeness (QED) is 0.873. The van der Waals surface area contributed by atoms with Crippen LogP contribution in [0, 0.1) is 11.6 Å². The molecule has 2 rings (SSSR count). The largest absolute Gasteiger partial charge is 0.489 e. The van der Waals surface area contributed by atoms with Crippen LogP contribution in [0.25, 0.3) is 0 Å². The Kier molecular flexibility index (Phi) is 4.06. The standard InChI is InChI=1S/C14H11F2NOS/c15-10-3-1-2-9(6-10)8-18-11-4-5-12(14(17)19)13(16)7-11/h1-7H,8H2,(H2,17,19). The fourth-order valence-electron chi connectivity index (χ4n) is 1.58. The molecule has 5 heteroatoms. The number of thiocarbonyl (C=S) groups is 1. The van der Waals surface area contributed by atoms with Crippen molar-refractivity contribution in [1.82, 2.24) is 0 Å². The van der Waals surface area contributed by atoms with E-state index in [1.165, 1.54) is 24.3 Å². The van der Waals surface area contributed by atoms with Gasteiger partial charge in [-0.15, -0.1) is 0 Å². The fourth-order valence-corrected chi connectivity index (χ4v) is 1.74. The zero-order valence-corrected chi connectivity index (χ0v) is 10.7. The monoisotopic (exact) mass is 279 g/mol. The lowest BCUT2D eigenvalue weighted by Gasteiger charge is -2.08. The van der Waals surface area contributed by atoms with Gasteiger partial charge in [-0.2, -0.15) is 0 Å². The first kappa shape index (κ1) is 13.4. The van der Waals surface area contributed by atoms with Crippen molar-refractivity contribution in [3.05, 3.63) is 65.2 Å². The maximum absolute atomic E-state index is 13.6. The number of halogens is 2. The third kappa shape index (κ3) is 3.48. The lowest BCUT2D eigenvalue weighted by Crippen LogP contribution is -2.11. The highest BCUT2D eigenvalue weighted by Gasteiger charge is 2.06. The number of ether oxygens (including phenoxy) is 1. The van der Waals surface area contributed by atoms with E-state index in [9.17, 15) is 8.78 Å². The van der Waals surface area contributed by atoms with Crippen molar-refractivity contribution < 1.29 is 13.5 Å². The van der Waals surface area contributed by atoms with Gasteiger partial charge in [0.05, 0.1) is 0 Å². The molecule has 0 saturated carbocycles. The summed E-state index contributed by atoms with van der Waals surface area (Å²) in [5, 5.41) is 0. The van der Waals surface area contributed by atoms with Crippen LogP contribution in [0.1, 0.15) is 11.1 Å². The van der Waals surface area contributed by atoms with Gasteiger partial charge in [0.1, 0.15) is 29.0 Å². The molecule has 0 saturated heterocycles. The summed E-state index contributed by atoms with van der Waals surface area (Å²) in [6.07, 6.45) is 0. The molecule has 0 aliphatic rings. The average molecular weight is 279 g/mol. The molecule has 0 atom stereocenters. The maximum Gasteiger partial charge on any atom is 0.137 e. The van der Waals surface area contributed by atoms with Crippen molar-refractivity contribution in [2.45, 2.75) is 6.61 Å². The van der Waals surface area contributed by atoms with Crippen molar-refractivity contribution in [1.29, 1.82) is 0 Å². The highest BCUT2D eigenvalue weighted by Crippen LogP contribution is 2.18. The van der Waals surface area contributed by atoms with Crippen molar-refractivity contribution in [3.63, 3.8) is 0 Å². The van der Waals surface area contributed by atoms with Gasteiger partial charge < -0.3 is 10.5 Å². The first-order valence-electron chi connectivity index (χ1n) is 5.53. The average Bonchev–Trinajstić information content (AvgIpc) is 2.36. The van der Waals surface area contributed by atoms with Gasteiger partial charge in [-0.05, 0) is 29.8 Å². The molecular weight excluding hydrogens is 268 g/mol. The summed E-state index contributed by atoms with van der Waals surface area (Å²) in [4.78, 5) is -0.00539. The molecule has 2 aromatic rings. The normalized spacial score (nSPS) is 10.2.